The lowest BCUT2D eigenvalue weighted by molar-refractivity contribution is 0.455. The lowest BCUT2D eigenvalue weighted by Gasteiger charge is -2.03. The maximum absolute atomic E-state index is 13.8. The van der Waals surface area contributed by atoms with Crippen LogP contribution in [0.25, 0.3) is 17.1 Å². The Morgan fingerprint density at radius 2 is 2.05 bits per heavy atom. The van der Waals surface area contributed by atoms with Crippen LogP contribution in [0.15, 0.2) is 30.5 Å². The molecule has 1 N–H and O–H groups in total. The summed E-state index contributed by atoms with van der Waals surface area (Å²) in [5, 5.41) is 15.1. The van der Waals surface area contributed by atoms with E-state index in [9.17, 15) is 4.39 Å². The highest BCUT2D eigenvalue weighted by Crippen LogP contribution is 2.20. The van der Waals surface area contributed by atoms with E-state index in [1.54, 1.807) is 24.4 Å². The zero-order valence-electron chi connectivity index (χ0n) is 11.5. The molecule has 8 heteroatoms. The molecule has 108 valence electrons. The molecule has 0 radical (unpaired) electrons. The summed E-state index contributed by atoms with van der Waals surface area (Å²) in [7, 11) is 0. The van der Waals surface area contributed by atoms with E-state index in [0.717, 1.165) is 0 Å². The van der Waals surface area contributed by atoms with Crippen molar-refractivity contribution in [3.8, 4) is 17.1 Å². The largest absolute Gasteiger partial charge is 0.299 e. The van der Waals surface area contributed by atoms with E-state index in [1.807, 2.05) is 13.8 Å². The molecular formula is C13H13FN6S. The minimum Gasteiger partial charge on any atom is -0.299 e. The van der Waals surface area contributed by atoms with E-state index in [-0.39, 0.29) is 11.9 Å². The van der Waals surface area contributed by atoms with Crippen LogP contribution in [0.2, 0.25) is 0 Å². The van der Waals surface area contributed by atoms with Crippen molar-refractivity contribution < 1.29 is 4.39 Å². The molecule has 6 nitrogen and oxygen atoms in total. The monoisotopic (exact) mass is 304 g/mol. The van der Waals surface area contributed by atoms with Gasteiger partial charge in [-0.25, -0.2) is 9.07 Å². The fraction of sp³-hybridized carbons (Fsp3) is 0.231. The zero-order chi connectivity index (χ0) is 15.0. The first-order chi connectivity index (χ1) is 10.1. The van der Waals surface area contributed by atoms with Gasteiger partial charge in [0, 0.05) is 6.20 Å². The van der Waals surface area contributed by atoms with Gasteiger partial charge in [0.05, 0.1) is 17.3 Å². The average molecular weight is 304 g/mol. The van der Waals surface area contributed by atoms with Crippen LogP contribution in [0.3, 0.4) is 0 Å². The van der Waals surface area contributed by atoms with E-state index < -0.39 is 0 Å². The van der Waals surface area contributed by atoms with Gasteiger partial charge in [-0.15, -0.1) is 10.2 Å². The Kier molecular flexibility index (Phi) is 3.38. The summed E-state index contributed by atoms with van der Waals surface area (Å²) in [5.41, 5.74) is 0.963. The van der Waals surface area contributed by atoms with Crippen LogP contribution in [-0.4, -0.2) is 30.0 Å². The second kappa shape index (κ2) is 5.21. The Bertz CT molecular complexity index is 831. The van der Waals surface area contributed by atoms with Gasteiger partial charge in [0.1, 0.15) is 10.5 Å². The molecule has 0 atom stereocenters. The van der Waals surface area contributed by atoms with Crippen molar-refractivity contribution in [3.63, 3.8) is 0 Å². The van der Waals surface area contributed by atoms with E-state index in [0.29, 0.717) is 21.7 Å². The summed E-state index contributed by atoms with van der Waals surface area (Å²) in [6, 6.07) is 6.50. The van der Waals surface area contributed by atoms with Gasteiger partial charge in [0.2, 0.25) is 5.82 Å². The summed E-state index contributed by atoms with van der Waals surface area (Å²) in [4.78, 5) is 1.50. The van der Waals surface area contributed by atoms with Gasteiger partial charge >= 0.3 is 0 Å². The van der Waals surface area contributed by atoms with Gasteiger partial charge in [0.15, 0.2) is 0 Å². The molecular weight excluding hydrogens is 291 g/mol. The molecule has 3 rings (SSSR count). The number of hydrogen-bond acceptors (Lipinski definition) is 4. The smallest absolute Gasteiger partial charge is 0.209 e. The molecule has 0 saturated carbocycles. The van der Waals surface area contributed by atoms with E-state index in [1.165, 1.54) is 15.5 Å². The zero-order valence-corrected chi connectivity index (χ0v) is 12.3. The molecule has 2 heterocycles. The minimum atomic E-state index is -0.360. The molecule has 2 aromatic heterocycles. The number of hydrogen-bond donors (Lipinski definition) is 1. The van der Waals surface area contributed by atoms with Gasteiger partial charge in [-0.05, 0) is 31.2 Å². The minimum absolute atomic E-state index is 0.109. The van der Waals surface area contributed by atoms with E-state index in [4.69, 9.17) is 12.2 Å². The quantitative estimate of drug-likeness (QED) is 0.756. The van der Waals surface area contributed by atoms with Crippen molar-refractivity contribution in [1.29, 1.82) is 0 Å². The molecule has 0 aliphatic rings. The molecule has 21 heavy (non-hydrogen) atoms. The third-order valence-electron chi connectivity index (χ3n) is 3.00. The standard InChI is InChI=1S/C13H13FN6S/c1-8(2)20-17-12(16-18-20)9-7-15-19(13(9)21)11-6-4-3-5-10(11)14/h3-8,15H,1-2H3. The lowest BCUT2D eigenvalue weighted by atomic mass is 10.3. The maximum Gasteiger partial charge on any atom is 0.209 e. The van der Waals surface area contributed by atoms with Crippen LogP contribution >= 0.6 is 12.2 Å². The number of benzene rings is 1. The number of nitrogens with zero attached hydrogens (tertiary/aromatic N) is 5. The molecule has 1 aromatic carbocycles. The summed E-state index contributed by atoms with van der Waals surface area (Å²) in [6.45, 7) is 3.91. The van der Waals surface area contributed by atoms with Crippen molar-refractivity contribution in [2.45, 2.75) is 19.9 Å². The third-order valence-corrected chi connectivity index (χ3v) is 3.40. The molecule has 0 saturated heterocycles. The normalized spacial score (nSPS) is 11.2. The van der Waals surface area contributed by atoms with Crippen LogP contribution in [-0.2, 0) is 0 Å². The van der Waals surface area contributed by atoms with E-state index in [2.05, 4.69) is 20.5 Å². The number of halogens is 1. The van der Waals surface area contributed by atoms with Gasteiger partial charge in [0.25, 0.3) is 0 Å². The molecule has 0 aliphatic carbocycles. The number of para-hydroxylation sites is 1. The second-order valence-corrected chi connectivity index (χ2v) is 5.19. The van der Waals surface area contributed by atoms with Gasteiger partial charge in [-0.1, -0.05) is 24.4 Å². The number of nitrogens with one attached hydrogen (secondary N) is 1. The molecule has 0 unspecified atom stereocenters. The maximum atomic E-state index is 13.8. The SMILES string of the molecule is CC(C)n1nnc(-c2c[nH]n(-c3ccccc3F)c2=S)n1. The van der Waals surface area contributed by atoms with Gasteiger partial charge < -0.3 is 0 Å². The fourth-order valence-electron chi connectivity index (χ4n) is 1.89. The Labute approximate surface area is 125 Å². The first-order valence-corrected chi connectivity index (χ1v) is 6.84. The summed E-state index contributed by atoms with van der Waals surface area (Å²) < 4.78 is 15.7. The first kappa shape index (κ1) is 13.6. The highest BCUT2D eigenvalue weighted by atomic mass is 32.1. The number of tetrazole rings is 1. The highest BCUT2D eigenvalue weighted by molar-refractivity contribution is 7.71. The van der Waals surface area contributed by atoms with Crippen LogP contribution in [0.5, 0.6) is 0 Å². The first-order valence-electron chi connectivity index (χ1n) is 6.43. The molecule has 0 aliphatic heterocycles. The molecule has 3 aromatic rings. The van der Waals surface area contributed by atoms with Crippen molar-refractivity contribution in [2.24, 2.45) is 0 Å². The van der Waals surface area contributed by atoms with E-state index >= 15 is 0 Å². The molecule has 0 bridgehead atoms. The Balaban J connectivity index is 2.07. The number of rotatable bonds is 3. The van der Waals surface area contributed by atoms with Crippen LogP contribution in [0.4, 0.5) is 4.39 Å². The number of aromatic amines is 1. The van der Waals surface area contributed by atoms with Gasteiger partial charge in [-0.2, -0.15) is 4.80 Å². The van der Waals surface area contributed by atoms with Crippen LogP contribution in [0.1, 0.15) is 19.9 Å². The molecule has 0 fully saturated rings. The van der Waals surface area contributed by atoms with Crippen molar-refractivity contribution in [2.75, 3.05) is 0 Å². The lowest BCUT2D eigenvalue weighted by Crippen LogP contribution is -2.04. The topological polar surface area (TPSA) is 64.3 Å². The van der Waals surface area contributed by atoms with Crippen molar-refractivity contribution in [1.82, 2.24) is 30.0 Å². The average Bonchev–Trinajstić information content (AvgIpc) is 3.06. The summed E-state index contributed by atoms with van der Waals surface area (Å²) >= 11 is 5.37. The van der Waals surface area contributed by atoms with Gasteiger partial charge in [-0.3, -0.25) is 5.10 Å². The second-order valence-electron chi connectivity index (χ2n) is 4.81. The molecule has 0 amide bonds. The summed E-state index contributed by atoms with van der Waals surface area (Å²) in [6.07, 6.45) is 1.65. The number of aromatic nitrogens is 6. The van der Waals surface area contributed by atoms with Crippen LogP contribution < -0.4 is 0 Å². The Hall–Kier alpha value is -2.35. The van der Waals surface area contributed by atoms with Crippen LogP contribution in [0, 0.1) is 10.5 Å². The number of H-pyrrole nitrogens is 1. The van der Waals surface area contributed by atoms with Crippen molar-refractivity contribution >= 4 is 12.2 Å². The molecule has 0 spiro atoms. The highest BCUT2D eigenvalue weighted by Gasteiger charge is 2.14. The Morgan fingerprint density at radius 1 is 1.29 bits per heavy atom. The van der Waals surface area contributed by atoms with Crippen molar-refractivity contribution in [3.05, 3.63) is 40.9 Å². The predicted molar refractivity (Wildman–Crippen MR) is 78.1 cm³/mol. The Morgan fingerprint density at radius 3 is 2.71 bits per heavy atom. The predicted octanol–water partition coefficient (Wildman–Crippen LogP) is 2.91. The fourth-order valence-corrected chi connectivity index (χ4v) is 2.20. The summed E-state index contributed by atoms with van der Waals surface area (Å²) in [5.74, 6) is 0.0563. The third kappa shape index (κ3) is 2.38.